The molecule has 1 aromatic rings. The first-order chi connectivity index (χ1) is 10.2. The first-order valence-corrected chi connectivity index (χ1v) is 7.53. The predicted octanol–water partition coefficient (Wildman–Crippen LogP) is 1.51. The molecule has 0 radical (unpaired) electrons. The lowest BCUT2D eigenvalue weighted by atomic mass is 10.0. The predicted molar refractivity (Wildman–Crippen MR) is 82.7 cm³/mol. The lowest BCUT2D eigenvalue weighted by Crippen LogP contribution is -2.35. The Morgan fingerprint density at radius 3 is 2.62 bits per heavy atom. The Hall–Kier alpha value is -1.14. The molecule has 6 heteroatoms. The fraction of sp³-hybridized carbons (Fsp3) is 0.533. The molecule has 0 saturated carbocycles. The van der Waals surface area contributed by atoms with E-state index in [1.165, 1.54) is 0 Å². The number of rotatable bonds is 8. The second kappa shape index (κ2) is 8.34. The molecule has 1 atom stereocenters. The maximum Gasteiger partial charge on any atom is 0.145 e. The van der Waals surface area contributed by atoms with Crippen LogP contribution >= 0.6 is 11.6 Å². The summed E-state index contributed by atoms with van der Waals surface area (Å²) < 4.78 is 0. The average Bonchev–Trinajstić information content (AvgIpc) is 2.94. The van der Waals surface area contributed by atoms with Crippen molar-refractivity contribution in [3.63, 3.8) is 0 Å². The van der Waals surface area contributed by atoms with Crippen molar-refractivity contribution in [1.82, 2.24) is 4.90 Å². The van der Waals surface area contributed by atoms with Crippen molar-refractivity contribution < 1.29 is 15.1 Å². The second-order valence-corrected chi connectivity index (χ2v) is 5.51. The van der Waals surface area contributed by atoms with Gasteiger partial charge in [0.2, 0.25) is 0 Å². The SMILES string of the molecule is OCCCN(CCO)CC1CC(c2ccc(Cl)cc2)=NO1. The quantitative estimate of drug-likeness (QED) is 0.763. The molecular formula is C15H21ClN2O3. The molecule has 21 heavy (non-hydrogen) atoms. The molecule has 0 saturated heterocycles. The van der Waals surface area contributed by atoms with Gasteiger partial charge in [0.05, 0.1) is 12.3 Å². The van der Waals surface area contributed by atoms with Crippen LogP contribution in [0.25, 0.3) is 0 Å². The number of hydrogen-bond donors (Lipinski definition) is 2. The van der Waals surface area contributed by atoms with Gasteiger partial charge in [0, 0.05) is 37.7 Å². The summed E-state index contributed by atoms with van der Waals surface area (Å²) in [5, 5.41) is 22.8. The minimum atomic E-state index is -0.0130. The molecule has 1 aliphatic heterocycles. The molecule has 0 fully saturated rings. The van der Waals surface area contributed by atoms with E-state index in [1.807, 2.05) is 24.3 Å². The van der Waals surface area contributed by atoms with Crippen LogP contribution in [0.5, 0.6) is 0 Å². The van der Waals surface area contributed by atoms with Gasteiger partial charge in [0.25, 0.3) is 0 Å². The van der Waals surface area contributed by atoms with Crippen LogP contribution in [0, 0.1) is 0 Å². The lowest BCUT2D eigenvalue weighted by Gasteiger charge is -2.23. The van der Waals surface area contributed by atoms with E-state index in [9.17, 15) is 0 Å². The Morgan fingerprint density at radius 2 is 1.95 bits per heavy atom. The Balaban J connectivity index is 1.86. The van der Waals surface area contributed by atoms with Crippen LogP contribution in [-0.2, 0) is 4.84 Å². The van der Waals surface area contributed by atoms with Gasteiger partial charge >= 0.3 is 0 Å². The van der Waals surface area contributed by atoms with Crippen molar-refractivity contribution in [3.05, 3.63) is 34.9 Å². The zero-order valence-electron chi connectivity index (χ0n) is 11.9. The highest BCUT2D eigenvalue weighted by Crippen LogP contribution is 2.19. The van der Waals surface area contributed by atoms with Crippen molar-refractivity contribution >= 4 is 17.3 Å². The molecule has 1 unspecified atom stereocenters. The molecule has 1 aliphatic rings. The highest BCUT2D eigenvalue weighted by Gasteiger charge is 2.24. The Kier molecular flexibility index (Phi) is 6.45. The zero-order valence-corrected chi connectivity index (χ0v) is 12.7. The number of oxime groups is 1. The molecule has 1 aromatic carbocycles. The van der Waals surface area contributed by atoms with Crippen molar-refractivity contribution in [2.24, 2.45) is 5.16 Å². The zero-order chi connectivity index (χ0) is 15.1. The molecule has 0 bridgehead atoms. The van der Waals surface area contributed by atoms with Gasteiger partial charge in [-0.25, -0.2) is 0 Å². The van der Waals surface area contributed by atoms with Crippen molar-refractivity contribution in [1.29, 1.82) is 0 Å². The molecule has 0 spiro atoms. The smallest absolute Gasteiger partial charge is 0.145 e. The van der Waals surface area contributed by atoms with E-state index >= 15 is 0 Å². The van der Waals surface area contributed by atoms with Gasteiger partial charge in [-0.15, -0.1) is 0 Å². The highest BCUT2D eigenvalue weighted by atomic mass is 35.5. The van der Waals surface area contributed by atoms with Crippen LogP contribution in [0.3, 0.4) is 0 Å². The van der Waals surface area contributed by atoms with Gasteiger partial charge in [0.1, 0.15) is 6.10 Å². The monoisotopic (exact) mass is 312 g/mol. The van der Waals surface area contributed by atoms with E-state index in [1.54, 1.807) is 0 Å². The van der Waals surface area contributed by atoms with Crippen LogP contribution in [0.4, 0.5) is 0 Å². The van der Waals surface area contributed by atoms with Gasteiger partial charge in [-0.3, -0.25) is 4.90 Å². The van der Waals surface area contributed by atoms with Crippen LogP contribution < -0.4 is 0 Å². The topological polar surface area (TPSA) is 65.3 Å². The summed E-state index contributed by atoms with van der Waals surface area (Å²) in [5.41, 5.74) is 1.94. The number of hydrogen-bond acceptors (Lipinski definition) is 5. The molecule has 5 nitrogen and oxygen atoms in total. The summed E-state index contributed by atoms with van der Waals surface area (Å²) in [5.74, 6) is 0. The van der Waals surface area contributed by atoms with Gasteiger partial charge in [-0.1, -0.05) is 28.9 Å². The van der Waals surface area contributed by atoms with Crippen LogP contribution in [0.1, 0.15) is 18.4 Å². The number of nitrogens with zero attached hydrogens (tertiary/aromatic N) is 2. The standard InChI is InChI=1S/C15H21ClN2O3/c16-13-4-2-12(3-5-13)15-10-14(21-17-15)11-18(7-9-20)6-1-8-19/h2-5,14,19-20H,1,6-11H2. The fourth-order valence-corrected chi connectivity index (χ4v) is 2.48. The van der Waals surface area contributed by atoms with E-state index < -0.39 is 0 Å². The summed E-state index contributed by atoms with van der Waals surface area (Å²) in [6.45, 7) is 2.27. The van der Waals surface area contributed by atoms with Crippen LogP contribution in [0.15, 0.2) is 29.4 Å². The summed E-state index contributed by atoms with van der Waals surface area (Å²) in [7, 11) is 0. The maximum atomic E-state index is 9.08. The number of aliphatic hydroxyl groups is 2. The normalized spacial score (nSPS) is 17.9. The molecule has 0 amide bonds. The van der Waals surface area contributed by atoms with E-state index in [0.717, 1.165) is 24.2 Å². The maximum absolute atomic E-state index is 9.08. The van der Waals surface area contributed by atoms with Crippen LogP contribution in [0.2, 0.25) is 5.02 Å². The Labute approximate surface area is 129 Å². The molecule has 1 heterocycles. The molecule has 116 valence electrons. The minimum absolute atomic E-state index is 0.0130. The minimum Gasteiger partial charge on any atom is -0.396 e. The molecule has 2 rings (SSSR count). The third-order valence-corrected chi connectivity index (χ3v) is 3.67. The fourth-order valence-electron chi connectivity index (χ4n) is 2.36. The Morgan fingerprint density at radius 1 is 1.19 bits per heavy atom. The highest BCUT2D eigenvalue weighted by molar-refractivity contribution is 6.30. The van der Waals surface area contributed by atoms with Gasteiger partial charge < -0.3 is 15.1 Å². The van der Waals surface area contributed by atoms with Crippen molar-refractivity contribution in [2.75, 3.05) is 32.8 Å². The molecular weight excluding hydrogens is 292 g/mol. The largest absolute Gasteiger partial charge is 0.396 e. The molecule has 0 aliphatic carbocycles. The first kappa shape index (κ1) is 16.2. The number of benzene rings is 1. The van der Waals surface area contributed by atoms with Gasteiger partial charge in [-0.2, -0.15) is 0 Å². The van der Waals surface area contributed by atoms with Crippen molar-refractivity contribution in [2.45, 2.75) is 18.9 Å². The molecule has 2 N–H and O–H groups in total. The average molecular weight is 313 g/mol. The third kappa shape index (κ3) is 4.97. The third-order valence-electron chi connectivity index (χ3n) is 3.42. The van der Waals surface area contributed by atoms with E-state index in [2.05, 4.69) is 10.1 Å². The van der Waals surface area contributed by atoms with Crippen molar-refractivity contribution in [3.8, 4) is 0 Å². The summed E-state index contributed by atoms with van der Waals surface area (Å²) in [4.78, 5) is 7.56. The summed E-state index contributed by atoms with van der Waals surface area (Å²) in [6.07, 6.45) is 1.42. The van der Waals surface area contributed by atoms with E-state index in [-0.39, 0.29) is 19.3 Å². The van der Waals surface area contributed by atoms with Gasteiger partial charge in [-0.05, 0) is 24.1 Å². The van der Waals surface area contributed by atoms with E-state index in [0.29, 0.717) is 24.5 Å². The summed E-state index contributed by atoms with van der Waals surface area (Å²) in [6, 6.07) is 7.55. The van der Waals surface area contributed by atoms with Gasteiger partial charge in [0.15, 0.2) is 0 Å². The first-order valence-electron chi connectivity index (χ1n) is 7.15. The number of aliphatic hydroxyl groups excluding tert-OH is 2. The lowest BCUT2D eigenvalue weighted by molar-refractivity contribution is 0.0458. The van der Waals surface area contributed by atoms with E-state index in [4.69, 9.17) is 26.7 Å². The molecule has 0 aromatic heterocycles. The number of halogens is 1. The summed E-state index contributed by atoms with van der Waals surface area (Å²) >= 11 is 5.88. The Bertz CT molecular complexity index is 464. The van der Waals surface area contributed by atoms with Crippen LogP contribution in [-0.4, -0.2) is 59.8 Å². The second-order valence-electron chi connectivity index (χ2n) is 5.08.